The number of hydrogen-bond acceptors (Lipinski definition) is 7. The van der Waals surface area contributed by atoms with Gasteiger partial charge in [-0.1, -0.05) is 43.2 Å². The highest BCUT2D eigenvalue weighted by atomic mass is 32.2. The van der Waals surface area contributed by atoms with E-state index < -0.39 is 39.1 Å². The first-order valence-electron chi connectivity index (χ1n) is 13.1. The molecule has 0 bridgehead atoms. The van der Waals surface area contributed by atoms with Crippen molar-refractivity contribution in [2.45, 2.75) is 75.6 Å². The van der Waals surface area contributed by atoms with Gasteiger partial charge in [0.05, 0.1) is 11.0 Å². The van der Waals surface area contributed by atoms with Crippen molar-refractivity contribution in [3.63, 3.8) is 0 Å². The van der Waals surface area contributed by atoms with E-state index >= 15 is 0 Å². The minimum atomic E-state index is -4.14. The summed E-state index contributed by atoms with van der Waals surface area (Å²) in [5.41, 5.74) is -1.30. The molecule has 5 aliphatic rings. The topological polar surface area (TPSA) is 110 Å². The van der Waals surface area contributed by atoms with E-state index in [0.717, 1.165) is 24.0 Å². The van der Waals surface area contributed by atoms with E-state index in [0.29, 0.717) is 12.8 Å². The van der Waals surface area contributed by atoms with Gasteiger partial charge in [-0.2, -0.15) is 8.42 Å². The number of ether oxygens (including phenoxy) is 1. The molecule has 4 fully saturated rings. The number of carbonyl (C=O) groups excluding carboxylic acids is 2. The zero-order valence-electron chi connectivity index (χ0n) is 21.7. The smallest absolute Gasteiger partial charge is 0.297 e. The maximum absolute atomic E-state index is 13.6. The van der Waals surface area contributed by atoms with Gasteiger partial charge in [-0.05, 0) is 81.6 Å². The average molecular weight is 527 g/mol. The fourth-order valence-electron chi connectivity index (χ4n) is 8.59. The third kappa shape index (κ3) is 3.13. The fraction of sp³-hybridized carbons (Fsp3) is 0.586. The van der Waals surface area contributed by atoms with Gasteiger partial charge in [0.2, 0.25) is 0 Å². The maximum Gasteiger partial charge on any atom is 0.297 e. The number of aliphatic hydroxyl groups is 1. The lowest BCUT2D eigenvalue weighted by atomic mass is 9.46. The molecular weight excluding hydrogens is 492 g/mol. The molecule has 4 aliphatic carbocycles. The van der Waals surface area contributed by atoms with Crippen molar-refractivity contribution >= 4 is 21.7 Å². The maximum atomic E-state index is 13.6. The Morgan fingerprint density at radius 3 is 2.59 bits per heavy atom. The van der Waals surface area contributed by atoms with Crippen LogP contribution in [-0.4, -0.2) is 49.0 Å². The number of aryl methyl sites for hydroxylation is 1. The number of rotatable bonds is 5. The van der Waals surface area contributed by atoms with Gasteiger partial charge in [-0.15, -0.1) is 0 Å². The van der Waals surface area contributed by atoms with Crippen molar-refractivity contribution < 1.29 is 32.0 Å². The number of epoxide rings is 1. The van der Waals surface area contributed by atoms with Crippen LogP contribution >= 0.6 is 0 Å². The zero-order valence-corrected chi connectivity index (χ0v) is 22.5. The molecule has 7 nitrogen and oxygen atoms in total. The summed E-state index contributed by atoms with van der Waals surface area (Å²) in [5.74, 6) is -0.802. The second kappa shape index (κ2) is 7.72. The molecular formula is C29H34O7S. The van der Waals surface area contributed by atoms with Gasteiger partial charge in [-0.25, -0.2) is 0 Å². The summed E-state index contributed by atoms with van der Waals surface area (Å²) in [6, 6.07) is 6.24. The molecule has 0 aromatic heterocycles. The van der Waals surface area contributed by atoms with Crippen LogP contribution in [0.4, 0.5) is 0 Å². The second-order valence-corrected chi connectivity index (χ2v) is 13.9. The minimum Gasteiger partial charge on any atom is -0.381 e. The number of ketones is 2. The Hall–Kier alpha value is -2.13. The highest BCUT2D eigenvalue weighted by molar-refractivity contribution is 7.86. The molecule has 1 heterocycles. The van der Waals surface area contributed by atoms with Crippen molar-refractivity contribution in [3.8, 4) is 0 Å². The molecule has 0 radical (unpaired) electrons. The van der Waals surface area contributed by atoms with E-state index in [-0.39, 0.29) is 40.0 Å². The van der Waals surface area contributed by atoms with E-state index in [1.807, 2.05) is 26.8 Å². The second-order valence-electron chi connectivity index (χ2n) is 12.2. The quantitative estimate of drug-likeness (QED) is 0.460. The van der Waals surface area contributed by atoms with Crippen LogP contribution in [0.1, 0.15) is 52.0 Å². The van der Waals surface area contributed by atoms with Crippen molar-refractivity contribution in [1.29, 1.82) is 0 Å². The first-order valence-corrected chi connectivity index (χ1v) is 14.5. The molecule has 1 aromatic rings. The van der Waals surface area contributed by atoms with Crippen LogP contribution in [0.2, 0.25) is 0 Å². The first-order chi connectivity index (χ1) is 17.3. The molecule has 8 heteroatoms. The lowest BCUT2D eigenvalue weighted by Gasteiger charge is -2.55. The molecule has 1 saturated heterocycles. The number of hydrogen-bond donors (Lipinski definition) is 1. The van der Waals surface area contributed by atoms with Gasteiger partial charge < -0.3 is 9.84 Å². The average Bonchev–Trinajstić information content (AvgIpc) is 3.53. The molecule has 1 aromatic carbocycles. The molecule has 2 unspecified atom stereocenters. The number of fused-ring (bicyclic) bond motifs is 3. The molecule has 8 atom stereocenters. The van der Waals surface area contributed by atoms with Crippen LogP contribution in [0.15, 0.2) is 53.0 Å². The zero-order chi connectivity index (χ0) is 26.6. The van der Waals surface area contributed by atoms with Crippen molar-refractivity contribution in [2.75, 3.05) is 6.61 Å². The summed E-state index contributed by atoms with van der Waals surface area (Å²) in [6.07, 6.45) is 7.98. The van der Waals surface area contributed by atoms with Crippen LogP contribution in [0.3, 0.4) is 0 Å². The fourth-order valence-corrected chi connectivity index (χ4v) is 9.46. The normalized spacial score (nSPS) is 43.8. The molecule has 1 aliphatic heterocycles. The summed E-state index contributed by atoms with van der Waals surface area (Å²) >= 11 is 0. The Labute approximate surface area is 218 Å². The van der Waals surface area contributed by atoms with E-state index in [2.05, 4.69) is 6.92 Å². The molecule has 198 valence electrons. The minimum absolute atomic E-state index is 0.00947. The Morgan fingerprint density at radius 2 is 1.89 bits per heavy atom. The summed E-state index contributed by atoms with van der Waals surface area (Å²) in [5, 5.41) is 12.1. The van der Waals surface area contributed by atoms with Gasteiger partial charge in [0.25, 0.3) is 10.1 Å². The number of Topliss-reactive ketones (excluding diaryl/α,β-unsaturated/α-hetero) is 1. The monoisotopic (exact) mass is 526 g/mol. The lowest BCUT2D eigenvalue weighted by molar-refractivity contribution is -0.165. The third-order valence-electron chi connectivity index (χ3n) is 10.6. The summed E-state index contributed by atoms with van der Waals surface area (Å²) in [4.78, 5) is 25.7. The van der Waals surface area contributed by atoms with Gasteiger partial charge in [0.15, 0.2) is 11.6 Å². The number of allylic oxidation sites excluding steroid dienone is 2. The van der Waals surface area contributed by atoms with E-state index in [1.165, 1.54) is 12.1 Å². The molecule has 1 N–H and O–H groups in total. The Balaban J connectivity index is 1.28. The number of carbonyl (C=O) groups is 2. The molecule has 37 heavy (non-hydrogen) atoms. The molecule has 6 rings (SSSR count). The largest absolute Gasteiger partial charge is 0.381 e. The van der Waals surface area contributed by atoms with Gasteiger partial charge in [0.1, 0.15) is 17.8 Å². The standard InChI is InChI=1S/C29H34O7S/c1-17-5-8-21(9-6-17)37(33,34)35-16-24(31)28(32)18(2)13-23-22-10-7-19-14-20(30)11-12-26(19,3)29(22)25(36-29)15-27(23,28)4/h5-6,8-9,11-12,14,18,22-23,25,32H,7,10,13,15-16H2,1-4H3/t18-,22?,23?,25+,26+,27+,28+,29-/m1/s1. The summed E-state index contributed by atoms with van der Waals surface area (Å²) in [7, 11) is -4.14. The summed E-state index contributed by atoms with van der Waals surface area (Å²) < 4.78 is 37.2. The van der Waals surface area contributed by atoms with Gasteiger partial charge in [-0.3, -0.25) is 13.8 Å². The van der Waals surface area contributed by atoms with E-state index in [1.54, 1.807) is 24.3 Å². The van der Waals surface area contributed by atoms with Gasteiger partial charge >= 0.3 is 0 Å². The van der Waals surface area contributed by atoms with Crippen LogP contribution in [0.5, 0.6) is 0 Å². The van der Waals surface area contributed by atoms with E-state index in [9.17, 15) is 23.1 Å². The van der Waals surface area contributed by atoms with E-state index in [4.69, 9.17) is 8.92 Å². The predicted octanol–water partition coefficient (Wildman–Crippen LogP) is 3.69. The highest BCUT2D eigenvalue weighted by Crippen LogP contribution is 2.76. The molecule has 3 saturated carbocycles. The van der Waals surface area contributed by atoms with Crippen LogP contribution in [0.25, 0.3) is 0 Å². The van der Waals surface area contributed by atoms with Crippen LogP contribution in [-0.2, 0) is 28.6 Å². The Morgan fingerprint density at radius 1 is 1.19 bits per heavy atom. The predicted molar refractivity (Wildman–Crippen MR) is 135 cm³/mol. The number of benzene rings is 1. The summed E-state index contributed by atoms with van der Waals surface area (Å²) in [6.45, 7) is 7.13. The Kier molecular flexibility index (Phi) is 5.25. The van der Waals surface area contributed by atoms with Crippen molar-refractivity contribution in [1.82, 2.24) is 0 Å². The molecule has 1 spiro atoms. The third-order valence-corrected chi connectivity index (χ3v) is 11.9. The van der Waals surface area contributed by atoms with Crippen molar-refractivity contribution in [2.24, 2.45) is 28.6 Å². The van der Waals surface area contributed by atoms with Gasteiger partial charge in [0, 0.05) is 10.8 Å². The molecule has 0 amide bonds. The highest BCUT2D eigenvalue weighted by Gasteiger charge is 2.82. The Bertz CT molecular complexity index is 1360. The van der Waals surface area contributed by atoms with Crippen molar-refractivity contribution in [3.05, 3.63) is 53.6 Å². The van der Waals surface area contributed by atoms with Crippen LogP contribution in [0, 0.1) is 35.5 Å². The van der Waals surface area contributed by atoms with Crippen LogP contribution < -0.4 is 0 Å². The lowest BCUT2D eigenvalue weighted by Crippen LogP contribution is -2.62. The first kappa shape index (κ1) is 25.2. The SMILES string of the molecule is Cc1ccc(S(=O)(=O)OCC(=O)[C@@]2(O)[C@H](C)CC3C4CCC5=CC(=O)C=C[C@]5(C)[C@@]45O[C@H]5C[C@@]32C)cc1.